The highest BCUT2D eigenvalue weighted by Crippen LogP contribution is 2.14. The van der Waals surface area contributed by atoms with Crippen molar-refractivity contribution in [2.45, 2.75) is 26.7 Å². The minimum absolute atomic E-state index is 0.0434. The Labute approximate surface area is 112 Å². The van der Waals surface area contributed by atoms with Crippen LogP contribution in [0.2, 0.25) is 0 Å². The fourth-order valence-electron chi connectivity index (χ4n) is 2.03. The van der Waals surface area contributed by atoms with Crippen LogP contribution in [-0.4, -0.2) is 33.3 Å². The zero-order chi connectivity index (χ0) is 14.4. The van der Waals surface area contributed by atoms with Crippen LogP contribution >= 0.6 is 0 Å². The molecule has 0 fully saturated rings. The van der Waals surface area contributed by atoms with Crippen LogP contribution in [0, 0.1) is 11.8 Å². The summed E-state index contributed by atoms with van der Waals surface area (Å²) in [7, 11) is 1.74. The Bertz CT molecular complexity index is 440. The first kappa shape index (κ1) is 15.2. The fourth-order valence-corrected chi connectivity index (χ4v) is 2.03. The molecule has 1 atom stereocenters. The highest BCUT2D eigenvalue weighted by Gasteiger charge is 2.17. The number of hydrogen-bond acceptors (Lipinski definition) is 3. The number of rotatable bonds is 7. The summed E-state index contributed by atoms with van der Waals surface area (Å²) in [6.07, 6.45) is 3.97. The molecule has 0 bridgehead atoms. The number of hydrogen-bond donors (Lipinski definition) is 2. The van der Waals surface area contributed by atoms with E-state index in [1.807, 2.05) is 13.8 Å². The van der Waals surface area contributed by atoms with Gasteiger partial charge in [-0.1, -0.05) is 13.8 Å². The quantitative estimate of drug-likeness (QED) is 0.779. The van der Waals surface area contributed by atoms with E-state index in [1.54, 1.807) is 17.9 Å². The van der Waals surface area contributed by atoms with Crippen LogP contribution in [0.25, 0.3) is 0 Å². The number of carboxylic acids is 1. The number of carbonyl (C=O) groups is 2. The maximum absolute atomic E-state index is 11.8. The SMILES string of the molecule is CC(C)CC(CNC(=O)c1cnn(C)c1)CC(=O)O. The first-order chi connectivity index (χ1) is 8.88. The summed E-state index contributed by atoms with van der Waals surface area (Å²) in [5.74, 6) is -0.689. The molecule has 106 valence electrons. The van der Waals surface area contributed by atoms with Crippen LogP contribution in [0.3, 0.4) is 0 Å². The van der Waals surface area contributed by atoms with Crippen molar-refractivity contribution in [3.63, 3.8) is 0 Å². The van der Waals surface area contributed by atoms with Gasteiger partial charge in [0.05, 0.1) is 11.8 Å². The molecule has 0 saturated carbocycles. The third-order valence-corrected chi connectivity index (χ3v) is 2.79. The van der Waals surface area contributed by atoms with Crippen LogP contribution in [-0.2, 0) is 11.8 Å². The lowest BCUT2D eigenvalue weighted by Crippen LogP contribution is -2.30. The summed E-state index contributed by atoms with van der Waals surface area (Å²) in [5.41, 5.74) is 0.487. The standard InChI is InChI=1S/C13H21N3O3/c1-9(2)4-10(5-12(17)18)6-14-13(19)11-7-15-16(3)8-11/h7-10H,4-6H2,1-3H3,(H,14,19)(H,17,18). The third kappa shape index (κ3) is 5.54. The minimum Gasteiger partial charge on any atom is -0.481 e. The Morgan fingerprint density at radius 3 is 2.63 bits per heavy atom. The van der Waals surface area contributed by atoms with E-state index in [1.165, 1.54) is 6.20 Å². The van der Waals surface area contributed by atoms with Crippen molar-refractivity contribution in [3.05, 3.63) is 18.0 Å². The largest absolute Gasteiger partial charge is 0.481 e. The second kappa shape index (κ2) is 6.92. The molecule has 2 N–H and O–H groups in total. The third-order valence-electron chi connectivity index (χ3n) is 2.79. The highest BCUT2D eigenvalue weighted by atomic mass is 16.4. The van der Waals surface area contributed by atoms with E-state index in [-0.39, 0.29) is 18.2 Å². The molecule has 1 amide bonds. The second-order valence-electron chi connectivity index (χ2n) is 5.21. The molecular weight excluding hydrogens is 246 g/mol. The van der Waals surface area contributed by atoms with E-state index in [0.717, 1.165) is 6.42 Å². The first-order valence-corrected chi connectivity index (χ1v) is 6.37. The molecule has 1 rings (SSSR count). The lowest BCUT2D eigenvalue weighted by molar-refractivity contribution is -0.138. The van der Waals surface area contributed by atoms with Gasteiger partial charge < -0.3 is 10.4 Å². The predicted octanol–water partition coefficient (Wildman–Crippen LogP) is 1.29. The van der Waals surface area contributed by atoms with Gasteiger partial charge in [-0.25, -0.2) is 0 Å². The molecule has 1 heterocycles. The van der Waals surface area contributed by atoms with Crippen LogP contribution in [0.1, 0.15) is 37.0 Å². The average Bonchev–Trinajstić information content (AvgIpc) is 2.71. The average molecular weight is 267 g/mol. The summed E-state index contributed by atoms with van der Waals surface area (Å²) in [6, 6.07) is 0. The second-order valence-corrected chi connectivity index (χ2v) is 5.21. The molecule has 0 aliphatic heterocycles. The van der Waals surface area contributed by atoms with Gasteiger partial charge in [0.15, 0.2) is 0 Å². The molecule has 1 aromatic rings. The smallest absolute Gasteiger partial charge is 0.303 e. The molecule has 6 nitrogen and oxygen atoms in total. The van der Waals surface area contributed by atoms with Crippen LogP contribution in [0.5, 0.6) is 0 Å². The molecule has 1 unspecified atom stereocenters. The number of nitrogens with one attached hydrogen (secondary N) is 1. The van der Waals surface area contributed by atoms with Crippen molar-refractivity contribution in [1.29, 1.82) is 0 Å². The molecule has 1 aromatic heterocycles. The maximum atomic E-state index is 11.8. The monoisotopic (exact) mass is 267 g/mol. The molecule has 19 heavy (non-hydrogen) atoms. The van der Waals surface area contributed by atoms with Gasteiger partial charge in [0.2, 0.25) is 0 Å². The van der Waals surface area contributed by atoms with Gasteiger partial charge in [0, 0.05) is 26.2 Å². The van der Waals surface area contributed by atoms with Gasteiger partial charge in [-0.3, -0.25) is 14.3 Å². The van der Waals surface area contributed by atoms with Gasteiger partial charge in [0.25, 0.3) is 5.91 Å². The van der Waals surface area contributed by atoms with E-state index in [0.29, 0.717) is 18.0 Å². The summed E-state index contributed by atoms with van der Waals surface area (Å²) in [5, 5.41) is 15.5. The minimum atomic E-state index is -0.832. The highest BCUT2D eigenvalue weighted by molar-refractivity contribution is 5.93. The summed E-state index contributed by atoms with van der Waals surface area (Å²) in [4.78, 5) is 22.6. The molecule has 0 aromatic carbocycles. The predicted molar refractivity (Wildman–Crippen MR) is 70.7 cm³/mol. The molecule has 0 aliphatic carbocycles. The van der Waals surface area contributed by atoms with Gasteiger partial charge in [-0.2, -0.15) is 5.10 Å². The first-order valence-electron chi connectivity index (χ1n) is 6.37. The normalized spacial score (nSPS) is 12.4. The van der Waals surface area contributed by atoms with Gasteiger partial charge in [-0.05, 0) is 18.3 Å². The van der Waals surface area contributed by atoms with Crippen LogP contribution in [0.15, 0.2) is 12.4 Å². The molecule has 0 saturated heterocycles. The Balaban J connectivity index is 2.50. The van der Waals surface area contributed by atoms with Gasteiger partial charge in [-0.15, -0.1) is 0 Å². The van der Waals surface area contributed by atoms with E-state index in [4.69, 9.17) is 5.11 Å². The Morgan fingerprint density at radius 1 is 1.47 bits per heavy atom. The number of carboxylic acid groups (broad SMARTS) is 1. The fraction of sp³-hybridized carbons (Fsp3) is 0.615. The Morgan fingerprint density at radius 2 is 2.16 bits per heavy atom. The molecule has 0 radical (unpaired) electrons. The lowest BCUT2D eigenvalue weighted by Gasteiger charge is -2.17. The summed E-state index contributed by atoms with van der Waals surface area (Å²) < 4.78 is 1.55. The molecule has 0 spiro atoms. The lowest BCUT2D eigenvalue weighted by atomic mass is 9.94. The van der Waals surface area contributed by atoms with Crippen molar-refractivity contribution in [2.75, 3.05) is 6.54 Å². The Hall–Kier alpha value is -1.85. The van der Waals surface area contributed by atoms with Crippen molar-refractivity contribution in [1.82, 2.24) is 15.1 Å². The number of carbonyl (C=O) groups excluding carboxylic acids is 1. The van der Waals surface area contributed by atoms with Crippen LogP contribution < -0.4 is 5.32 Å². The summed E-state index contributed by atoms with van der Waals surface area (Å²) in [6.45, 7) is 4.45. The molecule has 6 heteroatoms. The van der Waals surface area contributed by atoms with Gasteiger partial charge in [0.1, 0.15) is 0 Å². The number of aryl methyl sites for hydroxylation is 1. The zero-order valence-corrected chi connectivity index (χ0v) is 11.6. The number of amides is 1. The van der Waals surface area contributed by atoms with Gasteiger partial charge >= 0.3 is 5.97 Å². The summed E-state index contributed by atoms with van der Waals surface area (Å²) >= 11 is 0. The topological polar surface area (TPSA) is 84.2 Å². The van der Waals surface area contributed by atoms with Crippen molar-refractivity contribution >= 4 is 11.9 Å². The Kier molecular flexibility index (Phi) is 5.54. The molecule has 0 aliphatic rings. The number of aromatic nitrogens is 2. The van der Waals surface area contributed by atoms with E-state index in [2.05, 4.69) is 10.4 Å². The van der Waals surface area contributed by atoms with E-state index in [9.17, 15) is 9.59 Å². The zero-order valence-electron chi connectivity index (χ0n) is 11.6. The number of aliphatic carboxylic acids is 1. The van der Waals surface area contributed by atoms with Crippen molar-refractivity contribution < 1.29 is 14.7 Å². The molecular formula is C13H21N3O3. The van der Waals surface area contributed by atoms with E-state index < -0.39 is 5.97 Å². The van der Waals surface area contributed by atoms with Crippen LogP contribution in [0.4, 0.5) is 0 Å². The maximum Gasteiger partial charge on any atom is 0.303 e. The number of nitrogens with zero attached hydrogens (tertiary/aromatic N) is 2. The van der Waals surface area contributed by atoms with Crippen molar-refractivity contribution in [3.8, 4) is 0 Å². The van der Waals surface area contributed by atoms with Crippen molar-refractivity contribution in [2.24, 2.45) is 18.9 Å². The van der Waals surface area contributed by atoms with E-state index >= 15 is 0 Å².